The number of hydrogen-bond acceptors (Lipinski definition) is 6. The number of ether oxygens (including phenoxy) is 1. The lowest BCUT2D eigenvalue weighted by Crippen LogP contribution is -2.37. The molecular formula is C19H18N2O5S. The first kappa shape index (κ1) is 18.8. The van der Waals surface area contributed by atoms with E-state index in [9.17, 15) is 19.2 Å². The first-order chi connectivity index (χ1) is 12.8. The van der Waals surface area contributed by atoms with Gasteiger partial charge in [-0.3, -0.25) is 19.3 Å². The van der Waals surface area contributed by atoms with E-state index < -0.39 is 30.2 Å². The first-order valence-corrected chi connectivity index (χ1v) is 9.19. The van der Waals surface area contributed by atoms with Crippen molar-refractivity contribution in [1.82, 2.24) is 4.90 Å². The van der Waals surface area contributed by atoms with Crippen LogP contribution in [0.25, 0.3) is 0 Å². The van der Waals surface area contributed by atoms with Crippen LogP contribution in [-0.4, -0.2) is 41.7 Å². The van der Waals surface area contributed by atoms with E-state index in [1.54, 1.807) is 38.1 Å². The monoisotopic (exact) mass is 386 g/mol. The third kappa shape index (κ3) is 3.35. The number of imide groups is 1. The van der Waals surface area contributed by atoms with E-state index in [4.69, 9.17) is 4.74 Å². The number of carbonyl (C=O) groups is 4. The molecule has 0 aliphatic carbocycles. The van der Waals surface area contributed by atoms with Crippen LogP contribution in [0.2, 0.25) is 0 Å². The van der Waals surface area contributed by atoms with Crippen molar-refractivity contribution in [3.63, 3.8) is 0 Å². The summed E-state index contributed by atoms with van der Waals surface area (Å²) in [7, 11) is 0. The van der Waals surface area contributed by atoms with Crippen LogP contribution in [-0.2, 0) is 9.53 Å². The van der Waals surface area contributed by atoms with Crippen molar-refractivity contribution in [3.05, 3.63) is 51.4 Å². The molecule has 0 saturated carbocycles. The quantitative estimate of drug-likeness (QED) is 0.630. The van der Waals surface area contributed by atoms with Crippen LogP contribution in [0, 0.1) is 13.8 Å². The minimum atomic E-state index is -0.559. The lowest BCUT2D eigenvalue weighted by Gasteiger charge is -2.13. The summed E-state index contributed by atoms with van der Waals surface area (Å²) in [5, 5.41) is 2.99. The molecule has 1 aliphatic heterocycles. The van der Waals surface area contributed by atoms with Crippen molar-refractivity contribution in [2.24, 2.45) is 0 Å². The van der Waals surface area contributed by atoms with Crippen LogP contribution in [0.3, 0.4) is 0 Å². The van der Waals surface area contributed by atoms with E-state index in [1.165, 1.54) is 11.3 Å². The highest BCUT2D eigenvalue weighted by Crippen LogP contribution is 2.33. The number of hydrogen-bond donors (Lipinski definition) is 1. The van der Waals surface area contributed by atoms with E-state index in [0.717, 1.165) is 15.3 Å². The zero-order valence-corrected chi connectivity index (χ0v) is 15.9. The highest BCUT2D eigenvalue weighted by molar-refractivity contribution is 7.16. The Kier molecular flexibility index (Phi) is 5.09. The first-order valence-electron chi connectivity index (χ1n) is 8.37. The maximum atomic E-state index is 12.5. The van der Waals surface area contributed by atoms with Crippen molar-refractivity contribution in [2.75, 3.05) is 18.5 Å². The normalized spacial score (nSPS) is 12.9. The minimum Gasteiger partial charge on any atom is -0.462 e. The Morgan fingerprint density at radius 3 is 2.26 bits per heavy atom. The second kappa shape index (κ2) is 7.32. The summed E-state index contributed by atoms with van der Waals surface area (Å²) < 4.78 is 5.05. The third-order valence-electron chi connectivity index (χ3n) is 4.30. The number of anilines is 1. The molecule has 0 atom stereocenters. The minimum absolute atomic E-state index is 0.218. The Balaban J connectivity index is 1.78. The molecule has 2 aromatic rings. The molecule has 7 nitrogen and oxygen atoms in total. The SMILES string of the molecule is CCOC(=O)c1c(NC(=O)CN2C(=O)c3ccccc3C2=O)sc(C)c1C. The van der Waals surface area contributed by atoms with Gasteiger partial charge in [-0.15, -0.1) is 11.3 Å². The largest absolute Gasteiger partial charge is 0.462 e. The van der Waals surface area contributed by atoms with Crippen LogP contribution in [0.15, 0.2) is 24.3 Å². The highest BCUT2D eigenvalue weighted by atomic mass is 32.1. The second-order valence-electron chi connectivity index (χ2n) is 6.00. The second-order valence-corrected chi connectivity index (χ2v) is 7.22. The average molecular weight is 386 g/mol. The lowest BCUT2D eigenvalue weighted by atomic mass is 10.1. The predicted molar refractivity (Wildman–Crippen MR) is 100 cm³/mol. The molecule has 140 valence electrons. The maximum Gasteiger partial charge on any atom is 0.341 e. The lowest BCUT2D eigenvalue weighted by molar-refractivity contribution is -0.116. The Bertz CT molecular complexity index is 928. The zero-order valence-electron chi connectivity index (χ0n) is 15.1. The molecule has 3 amide bonds. The number of aryl methyl sites for hydroxylation is 1. The predicted octanol–water partition coefficient (Wildman–Crippen LogP) is 2.78. The van der Waals surface area contributed by atoms with Gasteiger partial charge < -0.3 is 10.1 Å². The summed E-state index contributed by atoms with van der Waals surface area (Å²) in [5.74, 6) is -2.09. The number of fused-ring (bicyclic) bond motifs is 1. The fourth-order valence-corrected chi connectivity index (χ4v) is 3.92. The van der Waals surface area contributed by atoms with Gasteiger partial charge in [-0.05, 0) is 38.5 Å². The van der Waals surface area contributed by atoms with Crippen LogP contribution >= 0.6 is 11.3 Å². The number of nitrogens with one attached hydrogen (secondary N) is 1. The van der Waals surface area contributed by atoms with Gasteiger partial charge in [0.15, 0.2) is 0 Å². The maximum absolute atomic E-state index is 12.5. The van der Waals surface area contributed by atoms with Crippen molar-refractivity contribution in [2.45, 2.75) is 20.8 Å². The fraction of sp³-hybridized carbons (Fsp3) is 0.263. The van der Waals surface area contributed by atoms with Crippen LogP contribution < -0.4 is 5.32 Å². The van der Waals surface area contributed by atoms with Gasteiger partial charge in [0, 0.05) is 4.88 Å². The topological polar surface area (TPSA) is 92.8 Å². The summed E-state index contributed by atoms with van der Waals surface area (Å²) in [6.07, 6.45) is 0. The van der Waals surface area contributed by atoms with Gasteiger partial charge >= 0.3 is 5.97 Å². The van der Waals surface area contributed by atoms with Crippen molar-refractivity contribution < 1.29 is 23.9 Å². The van der Waals surface area contributed by atoms with Crippen LogP contribution in [0.4, 0.5) is 5.00 Å². The fourth-order valence-electron chi connectivity index (χ4n) is 2.86. The molecule has 0 radical (unpaired) electrons. The molecule has 8 heteroatoms. The van der Waals surface area contributed by atoms with E-state index >= 15 is 0 Å². The zero-order chi connectivity index (χ0) is 19.7. The van der Waals surface area contributed by atoms with Gasteiger partial charge in [-0.25, -0.2) is 4.79 Å². The van der Waals surface area contributed by atoms with Crippen molar-refractivity contribution in [1.29, 1.82) is 0 Å². The molecule has 0 fully saturated rings. The molecule has 1 aromatic carbocycles. The van der Waals surface area contributed by atoms with E-state index in [1.807, 2.05) is 6.92 Å². The highest BCUT2D eigenvalue weighted by Gasteiger charge is 2.36. The standard InChI is InChI=1S/C19H18N2O5S/c1-4-26-19(25)15-10(2)11(3)27-16(15)20-14(22)9-21-17(23)12-7-5-6-8-13(12)18(21)24/h5-8H,4,9H2,1-3H3,(H,20,22). The molecule has 1 aliphatic rings. The number of amides is 3. The molecule has 3 rings (SSSR count). The molecule has 0 spiro atoms. The van der Waals surface area contributed by atoms with Crippen molar-refractivity contribution >= 4 is 40.0 Å². The van der Waals surface area contributed by atoms with Gasteiger partial charge in [0.25, 0.3) is 11.8 Å². The van der Waals surface area contributed by atoms with E-state index in [2.05, 4.69) is 5.32 Å². The number of carbonyl (C=O) groups excluding carboxylic acids is 4. The van der Waals surface area contributed by atoms with Gasteiger partial charge in [0.2, 0.25) is 5.91 Å². The molecule has 0 saturated heterocycles. The van der Waals surface area contributed by atoms with E-state index in [0.29, 0.717) is 10.6 Å². The van der Waals surface area contributed by atoms with E-state index in [-0.39, 0.29) is 17.7 Å². The number of benzene rings is 1. The van der Waals surface area contributed by atoms with Gasteiger partial charge in [-0.1, -0.05) is 12.1 Å². The molecule has 1 aromatic heterocycles. The summed E-state index contributed by atoms with van der Waals surface area (Å²) in [4.78, 5) is 51.2. The summed E-state index contributed by atoms with van der Waals surface area (Å²) in [6, 6.07) is 6.43. The van der Waals surface area contributed by atoms with Crippen LogP contribution in [0.5, 0.6) is 0 Å². The number of rotatable bonds is 5. The van der Waals surface area contributed by atoms with Crippen molar-refractivity contribution in [3.8, 4) is 0 Å². The van der Waals surface area contributed by atoms with Gasteiger partial charge in [0.1, 0.15) is 11.5 Å². The Morgan fingerprint density at radius 2 is 1.70 bits per heavy atom. The Labute approximate surface area is 159 Å². The summed E-state index contributed by atoms with van der Waals surface area (Å²) >= 11 is 1.25. The number of thiophene rings is 1. The Morgan fingerprint density at radius 1 is 1.11 bits per heavy atom. The molecule has 0 bridgehead atoms. The van der Waals surface area contributed by atoms with Crippen LogP contribution in [0.1, 0.15) is 48.4 Å². The van der Waals surface area contributed by atoms with Gasteiger partial charge in [0.05, 0.1) is 23.3 Å². The summed E-state index contributed by atoms with van der Waals surface area (Å²) in [5.41, 5.74) is 1.60. The number of esters is 1. The molecule has 1 N–H and O–H groups in total. The molecular weight excluding hydrogens is 368 g/mol. The molecule has 2 heterocycles. The third-order valence-corrected chi connectivity index (χ3v) is 5.42. The number of nitrogens with zero attached hydrogens (tertiary/aromatic N) is 1. The average Bonchev–Trinajstić information content (AvgIpc) is 3.04. The summed E-state index contributed by atoms with van der Waals surface area (Å²) in [6.45, 7) is 5.10. The van der Waals surface area contributed by atoms with Gasteiger partial charge in [-0.2, -0.15) is 0 Å². The smallest absolute Gasteiger partial charge is 0.341 e. The molecule has 0 unspecified atom stereocenters. The Hall–Kier alpha value is -3.00. The molecule has 27 heavy (non-hydrogen) atoms.